The molecule has 0 saturated carbocycles. The predicted octanol–water partition coefficient (Wildman–Crippen LogP) is 0.166. The molecule has 1 atom stereocenters. The van der Waals surface area contributed by atoms with Gasteiger partial charge in [0.25, 0.3) is 17.4 Å². The van der Waals surface area contributed by atoms with Crippen molar-refractivity contribution in [3.63, 3.8) is 0 Å². The van der Waals surface area contributed by atoms with Crippen molar-refractivity contribution < 1.29 is 23.9 Å². The molecule has 8 nitrogen and oxygen atoms in total. The standard InChI is InChI=1S/C18H23N3O5/c1-3-21-13-6-4-5-7-14(13)26-18(2,17(21)24)16(23)19-12-15(22)20-8-10-25-11-9-20/h4-7H,3,8-12H2,1-2H3,(H,19,23). The molecule has 0 radical (unpaired) electrons. The van der Waals surface area contributed by atoms with Crippen LogP contribution in [0.4, 0.5) is 5.69 Å². The Hall–Kier alpha value is -2.61. The summed E-state index contributed by atoms with van der Waals surface area (Å²) in [7, 11) is 0. The third-order valence-corrected chi connectivity index (χ3v) is 4.64. The molecule has 2 heterocycles. The number of hydrogen-bond donors (Lipinski definition) is 1. The molecule has 2 aliphatic heterocycles. The van der Waals surface area contributed by atoms with Crippen LogP contribution in [-0.2, 0) is 19.1 Å². The van der Waals surface area contributed by atoms with Gasteiger partial charge in [0, 0.05) is 19.6 Å². The van der Waals surface area contributed by atoms with Crippen LogP contribution in [0, 0.1) is 0 Å². The number of amides is 3. The van der Waals surface area contributed by atoms with Crippen LogP contribution in [0.25, 0.3) is 0 Å². The van der Waals surface area contributed by atoms with Crippen molar-refractivity contribution in [2.24, 2.45) is 0 Å². The third kappa shape index (κ3) is 3.24. The molecule has 1 aromatic rings. The van der Waals surface area contributed by atoms with Gasteiger partial charge in [-0.15, -0.1) is 0 Å². The third-order valence-electron chi connectivity index (χ3n) is 4.64. The highest BCUT2D eigenvalue weighted by molar-refractivity contribution is 6.16. The summed E-state index contributed by atoms with van der Waals surface area (Å²) in [5.41, 5.74) is -1.08. The minimum atomic E-state index is -1.71. The zero-order valence-electron chi connectivity index (χ0n) is 15.0. The van der Waals surface area contributed by atoms with Crippen molar-refractivity contribution in [3.8, 4) is 5.75 Å². The Balaban J connectivity index is 1.71. The molecular weight excluding hydrogens is 338 g/mol. The fourth-order valence-electron chi connectivity index (χ4n) is 3.10. The molecule has 3 amide bonds. The Labute approximate surface area is 152 Å². The van der Waals surface area contributed by atoms with E-state index in [1.165, 1.54) is 11.8 Å². The van der Waals surface area contributed by atoms with Crippen LogP contribution in [0.1, 0.15) is 13.8 Å². The molecule has 8 heteroatoms. The number of fused-ring (bicyclic) bond motifs is 1. The average Bonchev–Trinajstić information content (AvgIpc) is 2.67. The Kier molecular flexibility index (Phi) is 5.13. The Bertz CT molecular complexity index is 717. The maximum atomic E-state index is 12.9. The highest BCUT2D eigenvalue weighted by Crippen LogP contribution is 2.37. The molecule has 2 aliphatic rings. The predicted molar refractivity (Wildman–Crippen MR) is 93.9 cm³/mol. The number of likely N-dealkylation sites (N-methyl/N-ethyl adjacent to an activating group) is 1. The van der Waals surface area contributed by atoms with Gasteiger partial charge in [-0.1, -0.05) is 12.1 Å². The molecule has 140 valence electrons. The molecule has 3 rings (SSSR count). The number of carbonyl (C=O) groups is 3. The van der Waals surface area contributed by atoms with E-state index >= 15 is 0 Å². The number of anilines is 1. The first-order chi connectivity index (χ1) is 12.5. The summed E-state index contributed by atoms with van der Waals surface area (Å²) in [6.45, 7) is 5.47. The van der Waals surface area contributed by atoms with Gasteiger partial charge in [0.1, 0.15) is 5.75 Å². The van der Waals surface area contributed by atoms with Crippen molar-refractivity contribution in [1.82, 2.24) is 10.2 Å². The maximum Gasteiger partial charge on any atom is 0.280 e. The van der Waals surface area contributed by atoms with E-state index in [1.807, 2.05) is 13.0 Å². The number of benzene rings is 1. The van der Waals surface area contributed by atoms with E-state index in [9.17, 15) is 14.4 Å². The minimum Gasteiger partial charge on any atom is -0.466 e. The number of morpholine rings is 1. The lowest BCUT2D eigenvalue weighted by Gasteiger charge is -2.39. The summed E-state index contributed by atoms with van der Waals surface area (Å²) < 4.78 is 11.0. The van der Waals surface area contributed by atoms with Gasteiger partial charge in [-0.2, -0.15) is 0 Å². The Morgan fingerprint density at radius 2 is 1.92 bits per heavy atom. The molecule has 0 aliphatic carbocycles. The molecule has 0 bridgehead atoms. The zero-order valence-corrected chi connectivity index (χ0v) is 15.0. The lowest BCUT2D eigenvalue weighted by Crippen LogP contribution is -2.63. The van der Waals surface area contributed by atoms with Crippen molar-refractivity contribution in [1.29, 1.82) is 0 Å². The first kappa shape index (κ1) is 18.2. The van der Waals surface area contributed by atoms with Crippen LogP contribution in [-0.4, -0.2) is 67.6 Å². The van der Waals surface area contributed by atoms with Crippen LogP contribution in [0.15, 0.2) is 24.3 Å². The highest BCUT2D eigenvalue weighted by atomic mass is 16.5. The molecule has 0 spiro atoms. The van der Waals surface area contributed by atoms with Gasteiger partial charge in [0.15, 0.2) is 0 Å². The zero-order chi connectivity index (χ0) is 18.7. The monoisotopic (exact) mass is 361 g/mol. The van der Waals surface area contributed by atoms with Gasteiger partial charge < -0.3 is 24.6 Å². The van der Waals surface area contributed by atoms with Crippen LogP contribution < -0.4 is 15.0 Å². The molecular formula is C18H23N3O5. The summed E-state index contributed by atoms with van der Waals surface area (Å²) in [5, 5.41) is 2.55. The number of para-hydroxylation sites is 2. The first-order valence-corrected chi connectivity index (χ1v) is 8.71. The molecule has 1 aromatic carbocycles. The second-order valence-electron chi connectivity index (χ2n) is 6.33. The summed E-state index contributed by atoms with van der Waals surface area (Å²) in [5.74, 6) is -0.820. The first-order valence-electron chi connectivity index (χ1n) is 8.71. The SMILES string of the molecule is CCN1C(=O)C(C)(C(=O)NCC(=O)N2CCOCC2)Oc2ccccc21. The van der Waals surface area contributed by atoms with E-state index in [0.29, 0.717) is 44.3 Å². The van der Waals surface area contributed by atoms with E-state index in [-0.39, 0.29) is 12.5 Å². The molecule has 1 fully saturated rings. The van der Waals surface area contributed by atoms with E-state index in [4.69, 9.17) is 9.47 Å². The second-order valence-corrected chi connectivity index (χ2v) is 6.33. The maximum absolute atomic E-state index is 12.9. The quantitative estimate of drug-likeness (QED) is 0.772. The fraction of sp³-hybridized carbons (Fsp3) is 0.500. The molecule has 1 saturated heterocycles. The summed E-state index contributed by atoms with van der Waals surface area (Å²) in [6.07, 6.45) is 0. The van der Waals surface area contributed by atoms with Gasteiger partial charge in [-0.05, 0) is 26.0 Å². The van der Waals surface area contributed by atoms with Crippen LogP contribution in [0.3, 0.4) is 0 Å². The van der Waals surface area contributed by atoms with Crippen LogP contribution in [0.5, 0.6) is 5.75 Å². The van der Waals surface area contributed by atoms with Gasteiger partial charge in [-0.25, -0.2) is 0 Å². The number of nitrogens with zero attached hydrogens (tertiary/aromatic N) is 2. The fourth-order valence-corrected chi connectivity index (χ4v) is 3.10. The lowest BCUT2D eigenvalue weighted by atomic mass is 10.00. The smallest absolute Gasteiger partial charge is 0.280 e. The van der Waals surface area contributed by atoms with E-state index in [0.717, 1.165) is 0 Å². The molecule has 26 heavy (non-hydrogen) atoms. The number of carbonyl (C=O) groups excluding carboxylic acids is 3. The number of rotatable bonds is 4. The van der Waals surface area contributed by atoms with Gasteiger partial charge in [0.2, 0.25) is 5.91 Å². The van der Waals surface area contributed by atoms with E-state index in [1.54, 1.807) is 23.1 Å². The number of ether oxygens (including phenoxy) is 2. The van der Waals surface area contributed by atoms with Crippen molar-refractivity contribution in [3.05, 3.63) is 24.3 Å². The van der Waals surface area contributed by atoms with Crippen LogP contribution >= 0.6 is 0 Å². The Morgan fingerprint density at radius 3 is 2.62 bits per heavy atom. The van der Waals surface area contributed by atoms with Gasteiger partial charge in [0.05, 0.1) is 25.4 Å². The van der Waals surface area contributed by atoms with E-state index < -0.39 is 17.4 Å². The summed E-state index contributed by atoms with van der Waals surface area (Å²) in [6, 6.07) is 7.08. The highest BCUT2D eigenvalue weighted by Gasteiger charge is 2.50. The topological polar surface area (TPSA) is 88.2 Å². The second kappa shape index (κ2) is 7.33. The van der Waals surface area contributed by atoms with Crippen LogP contribution in [0.2, 0.25) is 0 Å². The number of hydrogen-bond acceptors (Lipinski definition) is 5. The lowest BCUT2D eigenvalue weighted by molar-refractivity contribution is -0.150. The van der Waals surface area contributed by atoms with Crippen molar-refractivity contribution >= 4 is 23.4 Å². The summed E-state index contributed by atoms with van der Waals surface area (Å²) >= 11 is 0. The van der Waals surface area contributed by atoms with Gasteiger partial charge >= 0.3 is 0 Å². The van der Waals surface area contributed by atoms with Crippen molar-refractivity contribution in [2.45, 2.75) is 19.4 Å². The number of nitrogens with one attached hydrogen (secondary N) is 1. The minimum absolute atomic E-state index is 0.182. The Morgan fingerprint density at radius 1 is 1.23 bits per heavy atom. The molecule has 1 N–H and O–H groups in total. The van der Waals surface area contributed by atoms with E-state index in [2.05, 4.69) is 5.32 Å². The van der Waals surface area contributed by atoms with Gasteiger partial charge in [-0.3, -0.25) is 14.4 Å². The average molecular weight is 361 g/mol. The summed E-state index contributed by atoms with van der Waals surface area (Å²) in [4.78, 5) is 40.9. The molecule has 0 aromatic heterocycles. The van der Waals surface area contributed by atoms with Crippen molar-refractivity contribution in [2.75, 3.05) is 44.3 Å². The normalized spacial score (nSPS) is 22.5. The largest absolute Gasteiger partial charge is 0.466 e. The molecule has 1 unspecified atom stereocenters.